The second kappa shape index (κ2) is 27.1. The van der Waals surface area contributed by atoms with Gasteiger partial charge in [-0.3, -0.25) is 4.79 Å². The summed E-state index contributed by atoms with van der Waals surface area (Å²) in [7, 11) is 0. The van der Waals surface area contributed by atoms with Crippen molar-refractivity contribution < 1.29 is 129 Å². The van der Waals surface area contributed by atoms with Crippen LogP contribution in [0.4, 0.5) is 0 Å². The van der Waals surface area contributed by atoms with Crippen molar-refractivity contribution in [3.63, 3.8) is 0 Å². The van der Waals surface area contributed by atoms with Gasteiger partial charge in [-0.2, -0.15) is 0 Å². The molecule has 0 aliphatic carbocycles. The van der Waals surface area contributed by atoms with Gasteiger partial charge < -0.3 is 21.4 Å². The van der Waals surface area contributed by atoms with Gasteiger partial charge in [0.2, 0.25) is 0 Å². The number of hydrogen-bond acceptors (Lipinski definition) is 5. The second-order valence-electron chi connectivity index (χ2n) is 7.15. The quantitative estimate of drug-likeness (QED) is 0.113. The van der Waals surface area contributed by atoms with Crippen molar-refractivity contribution in [1.82, 2.24) is 0 Å². The number of rotatable bonds is 7. The molecule has 4 aromatic carbocycles. The van der Waals surface area contributed by atoms with Gasteiger partial charge in [0.1, 0.15) is 18.1 Å². The Morgan fingerprint density at radius 1 is 0.744 bits per heavy atom. The van der Waals surface area contributed by atoms with Crippen molar-refractivity contribution in [1.29, 1.82) is 0 Å². The van der Waals surface area contributed by atoms with Crippen LogP contribution in [-0.4, -0.2) is 11.6 Å². The first-order valence-corrected chi connectivity index (χ1v) is 11.7. The van der Waals surface area contributed by atoms with Crippen LogP contribution in [0.2, 0.25) is 0 Å². The molecule has 4 aromatic rings. The predicted molar refractivity (Wildman–Crippen MR) is 150 cm³/mol. The molecule has 0 atom stereocenters. The standard InChI is InChI=1S/C15H14O.C9H9Cl.C6H6O.CH2O3.2K.H/c1-2-13-8-10-14(11-9-13)12-16-15-6-4-3-5-7-15;1-2-8-3-5-9(7-10)6-4-8;7-6-4-2-1-3-5-6;2-1-4-3;;;/h2-11H,1,12H2;2-6H,1,7H2;1-5,7H;1,3H;;;/q;;;;2*+1;-1/p-1. The Hall–Kier alpha value is -1.05. The summed E-state index contributed by atoms with van der Waals surface area (Å²) in [5, 5.41) is 17.1. The summed E-state index contributed by atoms with van der Waals surface area (Å²) in [6.45, 7) is 7.79. The minimum Gasteiger partial charge on any atom is -1.00 e. The van der Waals surface area contributed by atoms with Crippen LogP contribution in [0.15, 0.2) is 122 Å². The van der Waals surface area contributed by atoms with Crippen LogP contribution in [-0.2, 0) is 22.2 Å². The number of carbonyl (C=O) groups is 1. The van der Waals surface area contributed by atoms with E-state index in [1.807, 2.05) is 84.9 Å². The van der Waals surface area contributed by atoms with Gasteiger partial charge in [-0.25, -0.2) is 0 Å². The molecule has 0 saturated carbocycles. The number of alkyl halides is 1. The third-order valence-electron chi connectivity index (χ3n) is 4.53. The maximum Gasteiger partial charge on any atom is 1.00 e. The molecule has 5 nitrogen and oxygen atoms in total. The fourth-order valence-electron chi connectivity index (χ4n) is 2.60. The fraction of sp³-hybridized carbons (Fsp3) is 0.0645. The van der Waals surface area contributed by atoms with Gasteiger partial charge in [-0.05, 0) is 46.5 Å². The SMILES string of the molecule is C=Cc1ccc(CCl)cc1.C=Cc1ccc(COc2ccccc2)cc1.O=CO[O-].Oc1ccccc1.[H-].[K+].[K+]. The van der Waals surface area contributed by atoms with Crippen molar-refractivity contribution in [2.24, 2.45) is 0 Å². The van der Waals surface area contributed by atoms with Gasteiger partial charge in [0.05, 0.1) is 0 Å². The zero-order valence-corrected chi connectivity index (χ0v) is 29.4. The van der Waals surface area contributed by atoms with E-state index in [1.165, 1.54) is 0 Å². The third kappa shape index (κ3) is 20.5. The van der Waals surface area contributed by atoms with E-state index < -0.39 is 0 Å². The molecule has 0 heterocycles. The molecule has 0 unspecified atom stereocenters. The van der Waals surface area contributed by atoms with E-state index in [0.717, 1.165) is 28.0 Å². The first-order chi connectivity index (χ1) is 18.1. The zero-order valence-electron chi connectivity index (χ0n) is 23.4. The summed E-state index contributed by atoms with van der Waals surface area (Å²) in [6.07, 6.45) is 3.65. The van der Waals surface area contributed by atoms with E-state index in [2.05, 4.69) is 30.2 Å². The molecule has 0 aromatic heterocycles. The van der Waals surface area contributed by atoms with Gasteiger partial charge in [-0.15, -0.1) is 11.6 Å². The molecule has 194 valence electrons. The Kier molecular flexibility index (Phi) is 27.9. The predicted octanol–water partition coefficient (Wildman–Crippen LogP) is 0.924. The normalized spacial score (nSPS) is 8.46. The molecule has 8 heteroatoms. The van der Waals surface area contributed by atoms with Crippen LogP contribution in [0.25, 0.3) is 12.2 Å². The second-order valence-corrected chi connectivity index (χ2v) is 7.42. The Morgan fingerprint density at radius 3 is 1.49 bits per heavy atom. The van der Waals surface area contributed by atoms with Gasteiger partial charge in [-0.1, -0.05) is 110 Å². The Labute approximate surface area is 322 Å². The average Bonchev–Trinajstić information content (AvgIpc) is 2.98. The molecule has 0 fully saturated rings. The largest absolute Gasteiger partial charge is 1.00 e. The van der Waals surface area contributed by atoms with Gasteiger partial charge >= 0.3 is 103 Å². The minimum atomic E-state index is -0.181. The van der Waals surface area contributed by atoms with Crippen molar-refractivity contribution in [3.05, 3.63) is 145 Å². The Bertz CT molecular complexity index is 1150. The average molecular weight is 597 g/mol. The first kappa shape index (κ1) is 40.1. The van der Waals surface area contributed by atoms with Gasteiger partial charge in [0.25, 0.3) is 6.47 Å². The smallest absolute Gasteiger partial charge is 1.00 e. The molecular weight excluding hydrogens is 566 g/mol. The number of benzene rings is 4. The molecule has 0 amide bonds. The molecule has 0 saturated heterocycles. The van der Waals surface area contributed by atoms with Crippen molar-refractivity contribution in [2.75, 3.05) is 0 Å². The number of phenolic OH excluding ortho intramolecular Hbond substituents is 1. The number of phenols is 1. The van der Waals surface area contributed by atoms with Crippen LogP contribution in [0.1, 0.15) is 23.7 Å². The number of ether oxygens (including phenoxy) is 1. The molecule has 0 spiro atoms. The molecule has 39 heavy (non-hydrogen) atoms. The Morgan fingerprint density at radius 2 is 1.15 bits per heavy atom. The maximum atomic E-state index is 8.64. The van der Waals surface area contributed by atoms with Crippen LogP contribution >= 0.6 is 11.6 Å². The van der Waals surface area contributed by atoms with Crippen molar-refractivity contribution in [2.45, 2.75) is 12.5 Å². The van der Waals surface area contributed by atoms with Crippen molar-refractivity contribution in [3.8, 4) is 11.5 Å². The maximum absolute atomic E-state index is 8.64. The van der Waals surface area contributed by atoms with E-state index in [-0.39, 0.29) is 111 Å². The summed E-state index contributed by atoms with van der Waals surface area (Å²) < 4.78 is 5.64. The van der Waals surface area contributed by atoms with E-state index in [0.29, 0.717) is 18.2 Å². The number of aromatic hydroxyl groups is 1. The van der Waals surface area contributed by atoms with E-state index in [4.69, 9.17) is 31.5 Å². The van der Waals surface area contributed by atoms with Crippen LogP contribution in [0, 0.1) is 0 Å². The summed E-state index contributed by atoms with van der Waals surface area (Å²) in [6, 6.07) is 34.7. The summed E-state index contributed by atoms with van der Waals surface area (Å²) >= 11 is 5.60. The fourth-order valence-corrected chi connectivity index (χ4v) is 2.78. The topological polar surface area (TPSA) is 78.8 Å². The zero-order chi connectivity index (χ0) is 27.1. The van der Waals surface area contributed by atoms with Gasteiger partial charge in [0, 0.05) is 5.88 Å². The number of halogens is 1. The number of para-hydroxylation sites is 2. The van der Waals surface area contributed by atoms with Crippen LogP contribution in [0.3, 0.4) is 0 Å². The molecule has 4 rings (SSSR count). The minimum absolute atomic E-state index is 0. The first-order valence-electron chi connectivity index (χ1n) is 11.2. The molecule has 0 radical (unpaired) electrons. The van der Waals surface area contributed by atoms with E-state index in [1.54, 1.807) is 24.3 Å². The number of carbonyl (C=O) groups excluding carboxylic acids is 1. The molecule has 0 aliphatic rings. The number of hydrogen-bond donors (Lipinski definition) is 1. The van der Waals surface area contributed by atoms with Crippen LogP contribution < -0.4 is 113 Å². The summed E-state index contributed by atoms with van der Waals surface area (Å²) in [4.78, 5) is 11.2. The van der Waals surface area contributed by atoms with Crippen molar-refractivity contribution >= 4 is 30.2 Å². The summed E-state index contributed by atoms with van der Waals surface area (Å²) in [5.41, 5.74) is 4.57. The molecule has 1 N–H and O–H groups in total. The van der Waals surface area contributed by atoms with Crippen LogP contribution in [0.5, 0.6) is 11.5 Å². The monoisotopic (exact) mass is 596 g/mol. The van der Waals surface area contributed by atoms with E-state index >= 15 is 0 Å². The summed E-state index contributed by atoms with van der Waals surface area (Å²) in [5.74, 6) is 1.80. The molecule has 0 bridgehead atoms. The van der Waals surface area contributed by atoms with Gasteiger partial charge in [0.15, 0.2) is 0 Å². The third-order valence-corrected chi connectivity index (χ3v) is 4.84. The Balaban J connectivity index is -0.000000495. The molecule has 0 aliphatic heterocycles. The van der Waals surface area contributed by atoms with E-state index in [9.17, 15) is 0 Å². The molecular formula is C31H31ClK2O5.